The standard InChI is InChI=1S/C21H29N7O2/c1-25-6-8-26(9-7-25)19-15-20(23-16-22-19)27-10-12-28(13-11-27)21(29)24-17-4-3-5-18(14-17)30-2/h3-5,14-16H,6-13H2,1-2H3,(H,24,29). The summed E-state index contributed by atoms with van der Waals surface area (Å²) in [6, 6.07) is 9.36. The first-order valence-corrected chi connectivity index (χ1v) is 10.3. The Kier molecular flexibility index (Phi) is 6.18. The monoisotopic (exact) mass is 411 g/mol. The number of carbonyl (C=O) groups excluding carboxylic acids is 1. The van der Waals surface area contributed by atoms with E-state index in [1.165, 1.54) is 0 Å². The molecule has 0 bridgehead atoms. The zero-order chi connectivity index (χ0) is 20.9. The summed E-state index contributed by atoms with van der Waals surface area (Å²) < 4.78 is 5.21. The number of likely N-dealkylation sites (N-methyl/N-ethyl adjacent to an activating group) is 1. The number of carbonyl (C=O) groups is 1. The van der Waals surface area contributed by atoms with Crippen LogP contribution in [0.15, 0.2) is 36.7 Å². The molecule has 2 amide bonds. The Morgan fingerprint density at radius 1 is 0.933 bits per heavy atom. The first kappa shape index (κ1) is 20.2. The fourth-order valence-corrected chi connectivity index (χ4v) is 3.76. The molecule has 1 aromatic heterocycles. The van der Waals surface area contributed by atoms with Gasteiger partial charge >= 0.3 is 6.03 Å². The van der Waals surface area contributed by atoms with Crippen molar-refractivity contribution in [2.45, 2.75) is 0 Å². The third kappa shape index (κ3) is 4.73. The lowest BCUT2D eigenvalue weighted by Gasteiger charge is -2.36. The van der Waals surface area contributed by atoms with Gasteiger partial charge in [0, 0.05) is 70.2 Å². The van der Waals surface area contributed by atoms with Crippen molar-refractivity contribution in [1.82, 2.24) is 19.8 Å². The minimum Gasteiger partial charge on any atom is -0.497 e. The van der Waals surface area contributed by atoms with Crippen molar-refractivity contribution in [3.63, 3.8) is 0 Å². The highest BCUT2D eigenvalue weighted by atomic mass is 16.5. The van der Waals surface area contributed by atoms with E-state index in [0.717, 1.165) is 62.3 Å². The number of anilines is 3. The quantitative estimate of drug-likeness (QED) is 0.819. The van der Waals surface area contributed by atoms with Gasteiger partial charge in [0.05, 0.1) is 7.11 Å². The maximum atomic E-state index is 12.6. The number of hydrogen-bond acceptors (Lipinski definition) is 7. The number of hydrogen-bond donors (Lipinski definition) is 1. The van der Waals surface area contributed by atoms with Gasteiger partial charge in [0.1, 0.15) is 23.7 Å². The maximum absolute atomic E-state index is 12.6. The Balaban J connectivity index is 1.33. The largest absolute Gasteiger partial charge is 0.497 e. The van der Waals surface area contributed by atoms with Crippen LogP contribution in [0.4, 0.5) is 22.1 Å². The Labute approximate surface area is 177 Å². The second kappa shape index (κ2) is 9.17. The van der Waals surface area contributed by atoms with Crippen molar-refractivity contribution in [2.24, 2.45) is 0 Å². The van der Waals surface area contributed by atoms with Crippen molar-refractivity contribution in [3.05, 3.63) is 36.7 Å². The van der Waals surface area contributed by atoms with Gasteiger partial charge in [0.15, 0.2) is 0 Å². The number of rotatable bonds is 4. The molecule has 9 nitrogen and oxygen atoms in total. The summed E-state index contributed by atoms with van der Waals surface area (Å²) in [6.45, 7) is 6.81. The molecule has 3 heterocycles. The molecule has 30 heavy (non-hydrogen) atoms. The smallest absolute Gasteiger partial charge is 0.321 e. The van der Waals surface area contributed by atoms with Crippen molar-refractivity contribution >= 4 is 23.4 Å². The minimum atomic E-state index is -0.0938. The summed E-state index contributed by atoms with van der Waals surface area (Å²) in [4.78, 5) is 30.2. The van der Waals surface area contributed by atoms with Gasteiger partial charge < -0.3 is 29.7 Å². The first-order valence-electron chi connectivity index (χ1n) is 10.3. The Morgan fingerprint density at radius 2 is 1.57 bits per heavy atom. The van der Waals surface area contributed by atoms with Gasteiger partial charge in [-0.05, 0) is 19.2 Å². The van der Waals surface area contributed by atoms with Gasteiger partial charge in [-0.15, -0.1) is 0 Å². The van der Waals surface area contributed by atoms with Crippen LogP contribution >= 0.6 is 0 Å². The molecule has 160 valence electrons. The number of piperazine rings is 2. The second-order valence-electron chi connectivity index (χ2n) is 7.66. The molecule has 2 aliphatic heterocycles. The third-order valence-corrected chi connectivity index (χ3v) is 5.68. The molecule has 0 saturated carbocycles. The lowest BCUT2D eigenvalue weighted by molar-refractivity contribution is 0.208. The number of amides is 2. The molecule has 0 atom stereocenters. The molecule has 0 radical (unpaired) electrons. The minimum absolute atomic E-state index is 0.0938. The van der Waals surface area contributed by atoms with Gasteiger partial charge in [-0.25, -0.2) is 14.8 Å². The van der Waals surface area contributed by atoms with E-state index in [0.29, 0.717) is 13.1 Å². The van der Waals surface area contributed by atoms with E-state index in [4.69, 9.17) is 4.74 Å². The SMILES string of the molecule is COc1cccc(NC(=O)N2CCN(c3cc(N4CCN(C)CC4)ncn3)CC2)c1. The van der Waals surface area contributed by atoms with Gasteiger partial charge in [-0.3, -0.25) is 0 Å². The number of ether oxygens (including phenoxy) is 1. The zero-order valence-electron chi connectivity index (χ0n) is 17.6. The normalized spacial score (nSPS) is 17.7. The average molecular weight is 412 g/mol. The molecule has 9 heteroatoms. The van der Waals surface area contributed by atoms with Crippen LogP contribution in [0.1, 0.15) is 0 Å². The summed E-state index contributed by atoms with van der Waals surface area (Å²) in [5.74, 6) is 2.62. The van der Waals surface area contributed by atoms with Crippen LogP contribution in [-0.4, -0.2) is 92.3 Å². The number of benzene rings is 1. The Morgan fingerprint density at radius 3 is 2.20 bits per heavy atom. The zero-order valence-corrected chi connectivity index (χ0v) is 17.6. The highest BCUT2D eigenvalue weighted by Crippen LogP contribution is 2.21. The van der Waals surface area contributed by atoms with Crippen LogP contribution in [0.5, 0.6) is 5.75 Å². The van der Waals surface area contributed by atoms with Crippen molar-refractivity contribution < 1.29 is 9.53 Å². The summed E-state index contributed by atoms with van der Waals surface area (Å²) in [5.41, 5.74) is 0.731. The molecule has 2 fully saturated rings. The van der Waals surface area contributed by atoms with Crippen molar-refractivity contribution in [1.29, 1.82) is 0 Å². The van der Waals surface area contributed by atoms with Crippen LogP contribution in [0, 0.1) is 0 Å². The van der Waals surface area contributed by atoms with Crippen molar-refractivity contribution in [2.75, 3.05) is 81.6 Å². The van der Waals surface area contributed by atoms with E-state index in [9.17, 15) is 4.79 Å². The third-order valence-electron chi connectivity index (χ3n) is 5.68. The van der Waals surface area contributed by atoms with E-state index in [1.54, 1.807) is 13.4 Å². The number of nitrogens with zero attached hydrogens (tertiary/aromatic N) is 6. The fraction of sp³-hybridized carbons (Fsp3) is 0.476. The van der Waals surface area contributed by atoms with E-state index < -0.39 is 0 Å². The van der Waals surface area contributed by atoms with Crippen LogP contribution < -0.4 is 19.9 Å². The molecule has 0 aliphatic carbocycles. The predicted molar refractivity (Wildman–Crippen MR) is 118 cm³/mol. The molecule has 2 saturated heterocycles. The molecular formula is C21H29N7O2. The molecule has 0 spiro atoms. The van der Waals surface area contributed by atoms with E-state index in [1.807, 2.05) is 29.2 Å². The maximum Gasteiger partial charge on any atom is 0.321 e. The lowest BCUT2D eigenvalue weighted by Crippen LogP contribution is -2.50. The summed E-state index contributed by atoms with van der Waals surface area (Å²) in [6.07, 6.45) is 1.64. The van der Waals surface area contributed by atoms with Crippen LogP contribution in [0.25, 0.3) is 0 Å². The predicted octanol–water partition coefficient (Wildman–Crippen LogP) is 1.59. The summed E-state index contributed by atoms with van der Waals surface area (Å²) >= 11 is 0. The first-order chi connectivity index (χ1) is 14.6. The van der Waals surface area contributed by atoms with E-state index in [-0.39, 0.29) is 6.03 Å². The Bertz CT molecular complexity index is 862. The van der Waals surface area contributed by atoms with E-state index >= 15 is 0 Å². The van der Waals surface area contributed by atoms with Crippen LogP contribution in [-0.2, 0) is 0 Å². The topological polar surface area (TPSA) is 77.1 Å². The highest BCUT2D eigenvalue weighted by molar-refractivity contribution is 5.89. The van der Waals surface area contributed by atoms with Crippen molar-refractivity contribution in [3.8, 4) is 5.75 Å². The molecule has 4 rings (SSSR count). The molecule has 1 aromatic carbocycles. The molecule has 2 aliphatic rings. The molecule has 2 aromatic rings. The Hall–Kier alpha value is -3.07. The highest BCUT2D eigenvalue weighted by Gasteiger charge is 2.23. The number of nitrogens with one attached hydrogen (secondary N) is 1. The van der Waals surface area contributed by atoms with Gasteiger partial charge in [0.25, 0.3) is 0 Å². The summed E-state index contributed by atoms with van der Waals surface area (Å²) in [7, 11) is 3.76. The van der Waals surface area contributed by atoms with Crippen LogP contribution in [0.3, 0.4) is 0 Å². The lowest BCUT2D eigenvalue weighted by atomic mass is 10.3. The average Bonchev–Trinajstić information content (AvgIpc) is 2.80. The van der Waals surface area contributed by atoms with Gasteiger partial charge in [-0.1, -0.05) is 6.07 Å². The van der Waals surface area contributed by atoms with Crippen LogP contribution in [0.2, 0.25) is 0 Å². The fourth-order valence-electron chi connectivity index (χ4n) is 3.76. The number of urea groups is 1. The van der Waals surface area contributed by atoms with Gasteiger partial charge in [-0.2, -0.15) is 0 Å². The number of methoxy groups -OCH3 is 1. The number of aromatic nitrogens is 2. The molecule has 1 N–H and O–H groups in total. The van der Waals surface area contributed by atoms with E-state index in [2.05, 4.69) is 43.1 Å². The molecular weight excluding hydrogens is 382 g/mol. The summed E-state index contributed by atoms with van der Waals surface area (Å²) in [5, 5.41) is 2.95. The van der Waals surface area contributed by atoms with Gasteiger partial charge in [0.2, 0.25) is 0 Å². The molecule has 0 unspecified atom stereocenters. The second-order valence-corrected chi connectivity index (χ2v) is 7.66.